The molecule has 0 amide bonds. The third-order valence-electron chi connectivity index (χ3n) is 1.68. The zero-order valence-electron chi connectivity index (χ0n) is 8.54. The van der Waals surface area contributed by atoms with E-state index < -0.39 is 5.97 Å². The molecule has 0 bridgehead atoms. The van der Waals surface area contributed by atoms with Crippen LogP contribution in [0.15, 0.2) is 12.2 Å². The SMILES string of the molecule is C=C(C)CCSC(C(=O)O)C(C)C. The van der Waals surface area contributed by atoms with Crippen molar-refractivity contribution in [3.8, 4) is 0 Å². The molecule has 0 fully saturated rings. The van der Waals surface area contributed by atoms with Crippen LogP contribution in [0.2, 0.25) is 0 Å². The molecule has 0 spiro atoms. The van der Waals surface area contributed by atoms with Gasteiger partial charge in [0, 0.05) is 0 Å². The number of rotatable bonds is 6. The van der Waals surface area contributed by atoms with Crippen LogP contribution in [-0.4, -0.2) is 22.1 Å². The smallest absolute Gasteiger partial charge is 0.316 e. The molecule has 76 valence electrons. The summed E-state index contributed by atoms with van der Waals surface area (Å²) in [4.78, 5) is 10.8. The molecular weight excluding hydrogens is 184 g/mol. The Labute approximate surface area is 84.4 Å². The van der Waals surface area contributed by atoms with Gasteiger partial charge in [-0.05, 0) is 25.0 Å². The quantitative estimate of drug-likeness (QED) is 0.673. The largest absolute Gasteiger partial charge is 0.480 e. The van der Waals surface area contributed by atoms with Gasteiger partial charge in [-0.15, -0.1) is 18.3 Å². The van der Waals surface area contributed by atoms with Crippen LogP contribution in [0.4, 0.5) is 0 Å². The highest BCUT2D eigenvalue weighted by atomic mass is 32.2. The van der Waals surface area contributed by atoms with Crippen LogP contribution in [0.25, 0.3) is 0 Å². The van der Waals surface area contributed by atoms with Crippen LogP contribution in [0.1, 0.15) is 27.2 Å². The van der Waals surface area contributed by atoms with Crippen molar-refractivity contribution in [2.24, 2.45) is 5.92 Å². The van der Waals surface area contributed by atoms with Gasteiger partial charge < -0.3 is 5.11 Å². The van der Waals surface area contributed by atoms with Crippen molar-refractivity contribution in [1.29, 1.82) is 0 Å². The normalized spacial score (nSPS) is 12.9. The summed E-state index contributed by atoms with van der Waals surface area (Å²) in [5.74, 6) is 0.333. The summed E-state index contributed by atoms with van der Waals surface area (Å²) in [5.41, 5.74) is 1.11. The molecule has 0 heterocycles. The molecule has 0 aromatic rings. The summed E-state index contributed by atoms with van der Waals surface area (Å²) in [6.45, 7) is 9.62. The number of carboxylic acid groups (broad SMARTS) is 1. The summed E-state index contributed by atoms with van der Waals surface area (Å²) < 4.78 is 0. The molecule has 13 heavy (non-hydrogen) atoms. The molecule has 0 saturated carbocycles. The number of carboxylic acids is 1. The third kappa shape index (κ3) is 5.75. The van der Waals surface area contributed by atoms with Gasteiger partial charge in [-0.3, -0.25) is 4.79 Å². The monoisotopic (exact) mass is 202 g/mol. The zero-order chi connectivity index (χ0) is 10.4. The van der Waals surface area contributed by atoms with Crippen LogP contribution >= 0.6 is 11.8 Å². The molecule has 0 saturated heterocycles. The highest BCUT2D eigenvalue weighted by Gasteiger charge is 2.21. The van der Waals surface area contributed by atoms with E-state index in [4.69, 9.17) is 5.11 Å². The molecule has 0 aliphatic rings. The Morgan fingerprint density at radius 3 is 2.38 bits per heavy atom. The highest BCUT2D eigenvalue weighted by molar-refractivity contribution is 8.00. The Kier molecular flexibility index (Phi) is 5.88. The van der Waals surface area contributed by atoms with Crippen LogP contribution in [0.5, 0.6) is 0 Å². The maximum atomic E-state index is 10.8. The lowest BCUT2D eigenvalue weighted by Crippen LogP contribution is -2.22. The molecule has 0 aliphatic heterocycles. The van der Waals surface area contributed by atoms with E-state index in [1.165, 1.54) is 11.8 Å². The lowest BCUT2D eigenvalue weighted by Gasteiger charge is -2.15. The number of thioether (sulfide) groups is 1. The maximum Gasteiger partial charge on any atom is 0.316 e. The second-order valence-electron chi connectivity index (χ2n) is 3.58. The molecule has 0 aromatic heterocycles. The second kappa shape index (κ2) is 6.08. The minimum absolute atomic E-state index is 0.188. The van der Waals surface area contributed by atoms with Crippen molar-refractivity contribution < 1.29 is 9.90 Å². The molecule has 1 unspecified atom stereocenters. The lowest BCUT2D eigenvalue weighted by molar-refractivity contribution is -0.137. The van der Waals surface area contributed by atoms with E-state index >= 15 is 0 Å². The maximum absolute atomic E-state index is 10.8. The first-order valence-electron chi connectivity index (χ1n) is 4.44. The first kappa shape index (κ1) is 12.6. The topological polar surface area (TPSA) is 37.3 Å². The summed E-state index contributed by atoms with van der Waals surface area (Å²) in [6.07, 6.45) is 0.904. The summed E-state index contributed by atoms with van der Waals surface area (Å²) in [7, 11) is 0. The minimum atomic E-state index is -0.707. The van der Waals surface area contributed by atoms with Crippen LogP contribution < -0.4 is 0 Å². The van der Waals surface area contributed by atoms with E-state index in [1.54, 1.807) is 0 Å². The van der Waals surface area contributed by atoms with E-state index in [9.17, 15) is 4.79 Å². The van der Waals surface area contributed by atoms with Crippen molar-refractivity contribution in [3.05, 3.63) is 12.2 Å². The standard InChI is InChI=1S/C10H18O2S/c1-7(2)5-6-13-9(8(3)4)10(11)12/h8-9H,1,5-6H2,2-4H3,(H,11,12). The van der Waals surface area contributed by atoms with Crippen LogP contribution in [0, 0.1) is 5.92 Å². The second-order valence-corrected chi connectivity index (χ2v) is 4.83. The number of hydrogen-bond acceptors (Lipinski definition) is 2. The van der Waals surface area contributed by atoms with Crippen molar-refractivity contribution in [2.45, 2.75) is 32.4 Å². The molecule has 0 aliphatic carbocycles. The lowest BCUT2D eigenvalue weighted by atomic mass is 10.1. The number of allylic oxidation sites excluding steroid dienone is 1. The van der Waals surface area contributed by atoms with Crippen molar-refractivity contribution in [1.82, 2.24) is 0 Å². The fraction of sp³-hybridized carbons (Fsp3) is 0.700. The van der Waals surface area contributed by atoms with E-state index in [0.717, 1.165) is 17.7 Å². The number of carbonyl (C=O) groups is 1. The Bertz CT molecular complexity index is 187. The van der Waals surface area contributed by atoms with Gasteiger partial charge in [0.25, 0.3) is 0 Å². The van der Waals surface area contributed by atoms with Gasteiger partial charge >= 0.3 is 5.97 Å². The fourth-order valence-corrected chi connectivity index (χ4v) is 2.16. The van der Waals surface area contributed by atoms with Crippen molar-refractivity contribution in [2.75, 3.05) is 5.75 Å². The molecule has 1 atom stereocenters. The highest BCUT2D eigenvalue weighted by Crippen LogP contribution is 2.21. The summed E-state index contributed by atoms with van der Waals surface area (Å²) in [6, 6.07) is 0. The van der Waals surface area contributed by atoms with E-state index in [1.807, 2.05) is 20.8 Å². The van der Waals surface area contributed by atoms with Gasteiger partial charge in [0.1, 0.15) is 5.25 Å². The molecular formula is C10H18O2S. The molecule has 2 nitrogen and oxygen atoms in total. The van der Waals surface area contributed by atoms with Gasteiger partial charge in [0.05, 0.1) is 0 Å². The van der Waals surface area contributed by atoms with Gasteiger partial charge in [-0.2, -0.15) is 0 Å². The molecule has 1 N–H and O–H groups in total. The van der Waals surface area contributed by atoms with E-state index in [2.05, 4.69) is 6.58 Å². The first-order valence-corrected chi connectivity index (χ1v) is 5.48. The number of aliphatic carboxylic acids is 1. The average Bonchev–Trinajstić information content (AvgIpc) is 1.95. The van der Waals surface area contributed by atoms with Crippen LogP contribution in [0.3, 0.4) is 0 Å². The number of hydrogen-bond donors (Lipinski definition) is 1. The summed E-state index contributed by atoms with van der Waals surface area (Å²) >= 11 is 1.51. The summed E-state index contributed by atoms with van der Waals surface area (Å²) in [5, 5.41) is 8.59. The van der Waals surface area contributed by atoms with Crippen molar-refractivity contribution >= 4 is 17.7 Å². The van der Waals surface area contributed by atoms with E-state index in [-0.39, 0.29) is 11.2 Å². The van der Waals surface area contributed by atoms with E-state index in [0.29, 0.717) is 0 Å². The Hall–Kier alpha value is -0.440. The Balaban J connectivity index is 3.84. The fourth-order valence-electron chi connectivity index (χ4n) is 0.909. The molecule has 0 rings (SSSR count). The average molecular weight is 202 g/mol. The predicted octanol–water partition coefficient (Wildman–Crippen LogP) is 2.80. The Morgan fingerprint density at radius 2 is 2.08 bits per heavy atom. The van der Waals surface area contributed by atoms with Gasteiger partial charge in [0.15, 0.2) is 0 Å². The third-order valence-corrected chi connectivity index (χ3v) is 3.22. The predicted molar refractivity (Wildman–Crippen MR) is 58.2 cm³/mol. The van der Waals surface area contributed by atoms with Gasteiger partial charge in [0.2, 0.25) is 0 Å². The first-order chi connectivity index (χ1) is 5.95. The molecule has 0 aromatic carbocycles. The minimum Gasteiger partial charge on any atom is -0.480 e. The zero-order valence-corrected chi connectivity index (χ0v) is 9.36. The Morgan fingerprint density at radius 1 is 1.54 bits per heavy atom. The van der Waals surface area contributed by atoms with Crippen LogP contribution in [-0.2, 0) is 4.79 Å². The van der Waals surface area contributed by atoms with Crippen molar-refractivity contribution in [3.63, 3.8) is 0 Å². The van der Waals surface area contributed by atoms with Gasteiger partial charge in [-0.1, -0.05) is 19.4 Å². The molecule has 0 radical (unpaired) electrons. The molecule has 3 heteroatoms. The van der Waals surface area contributed by atoms with Gasteiger partial charge in [-0.25, -0.2) is 0 Å².